The largest absolute Gasteiger partial charge is 0.493 e. The van der Waals surface area contributed by atoms with Crippen molar-refractivity contribution in [3.05, 3.63) is 53.6 Å². The molecule has 0 bridgehead atoms. The van der Waals surface area contributed by atoms with E-state index in [2.05, 4.69) is 0 Å². The predicted molar refractivity (Wildman–Crippen MR) is 94.1 cm³/mol. The van der Waals surface area contributed by atoms with E-state index in [0.717, 1.165) is 16.7 Å². The van der Waals surface area contributed by atoms with E-state index in [1.165, 1.54) is 0 Å². The molecule has 2 rings (SSSR count). The Morgan fingerprint density at radius 2 is 1.75 bits per heavy atom. The number of ether oxygens (including phenoxy) is 2. The molecule has 0 saturated carbocycles. The van der Waals surface area contributed by atoms with E-state index in [4.69, 9.17) is 9.47 Å². The van der Waals surface area contributed by atoms with Gasteiger partial charge in [0.2, 0.25) is 0 Å². The molecule has 0 amide bonds. The van der Waals surface area contributed by atoms with Gasteiger partial charge in [-0.2, -0.15) is 0 Å². The quantitative estimate of drug-likeness (QED) is 0.836. The lowest BCUT2D eigenvalue weighted by Gasteiger charge is -2.19. The van der Waals surface area contributed by atoms with Crippen molar-refractivity contribution in [2.45, 2.75) is 39.9 Å². The van der Waals surface area contributed by atoms with Crippen LogP contribution in [0.15, 0.2) is 42.5 Å². The molecule has 0 atom stereocenters. The van der Waals surface area contributed by atoms with Gasteiger partial charge in [-0.25, -0.2) is 4.79 Å². The van der Waals surface area contributed by atoms with Crippen molar-refractivity contribution in [3.8, 4) is 16.9 Å². The highest BCUT2D eigenvalue weighted by molar-refractivity contribution is 5.90. The van der Waals surface area contributed by atoms with Gasteiger partial charge >= 0.3 is 5.97 Å². The van der Waals surface area contributed by atoms with Crippen LogP contribution in [0.4, 0.5) is 0 Å². The van der Waals surface area contributed by atoms with Crippen LogP contribution in [-0.2, 0) is 11.3 Å². The Morgan fingerprint density at radius 1 is 1.08 bits per heavy atom. The number of benzene rings is 2. The van der Waals surface area contributed by atoms with Crippen LogP contribution >= 0.6 is 0 Å². The fraction of sp³-hybridized carbons (Fsp3) is 0.350. The van der Waals surface area contributed by atoms with Crippen molar-refractivity contribution in [1.29, 1.82) is 0 Å². The monoisotopic (exact) mass is 328 g/mol. The number of esters is 1. The first-order chi connectivity index (χ1) is 11.4. The van der Waals surface area contributed by atoms with Gasteiger partial charge in [0.25, 0.3) is 0 Å². The zero-order chi connectivity index (χ0) is 17.7. The molecule has 0 spiro atoms. The Bertz CT molecular complexity index is 697. The molecule has 0 heterocycles. The lowest BCUT2D eigenvalue weighted by atomic mass is 9.98. The highest BCUT2D eigenvalue weighted by Gasteiger charge is 2.18. The average molecular weight is 328 g/mol. The normalized spacial score (nSPS) is 11.2. The molecule has 0 aliphatic heterocycles. The van der Waals surface area contributed by atoms with E-state index < -0.39 is 5.60 Å². The van der Waals surface area contributed by atoms with Gasteiger partial charge in [-0.05, 0) is 57.0 Å². The number of aliphatic hydroxyl groups is 1. The van der Waals surface area contributed by atoms with Crippen molar-refractivity contribution in [2.24, 2.45) is 0 Å². The van der Waals surface area contributed by atoms with Crippen molar-refractivity contribution >= 4 is 5.97 Å². The highest BCUT2D eigenvalue weighted by atomic mass is 16.6. The fourth-order valence-corrected chi connectivity index (χ4v) is 2.41. The van der Waals surface area contributed by atoms with Crippen molar-refractivity contribution in [1.82, 2.24) is 0 Å². The van der Waals surface area contributed by atoms with Gasteiger partial charge in [0.05, 0.1) is 18.8 Å². The smallest absolute Gasteiger partial charge is 0.338 e. The minimum absolute atomic E-state index is 0.112. The third kappa shape index (κ3) is 4.36. The molecule has 0 saturated heterocycles. The van der Waals surface area contributed by atoms with Gasteiger partial charge in [-0.15, -0.1) is 0 Å². The molecule has 0 aliphatic carbocycles. The first-order valence-electron chi connectivity index (χ1n) is 8.05. The van der Waals surface area contributed by atoms with Crippen molar-refractivity contribution in [3.63, 3.8) is 0 Å². The summed E-state index contributed by atoms with van der Waals surface area (Å²) in [4.78, 5) is 12.1. The number of carbonyl (C=O) groups excluding carboxylic acids is 1. The maximum absolute atomic E-state index is 12.1. The lowest BCUT2D eigenvalue weighted by Crippen LogP contribution is -2.23. The summed E-state index contributed by atoms with van der Waals surface area (Å²) >= 11 is 0. The SMILES string of the molecule is CCOc1cccc(-c2ccc(C(=O)OC(C)(C)C)cc2)c1CO. The topological polar surface area (TPSA) is 55.8 Å². The molecular weight excluding hydrogens is 304 g/mol. The maximum atomic E-state index is 12.1. The van der Waals surface area contributed by atoms with Crippen LogP contribution in [0.2, 0.25) is 0 Å². The number of hydrogen-bond acceptors (Lipinski definition) is 4. The van der Waals surface area contributed by atoms with E-state index in [1.54, 1.807) is 12.1 Å². The number of aliphatic hydroxyl groups excluding tert-OH is 1. The van der Waals surface area contributed by atoms with Crippen LogP contribution in [0.5, 0.6) is 5.75 Å². The van der Waals surface area contributed by atoms with Crippen LogP contribution in [0.3, 0.4) is 0 Å². The molecule has 128 valence electrons. The molecule has 0 aliphatic rings. The molecule has 2 aromatic rings. The van der Waals surface area contributed by atoms with Gasteiger partial charge in [0.15, 0.2) is 0 Å². The fourth-order valence-electron chi connectivity index (χ4n) is 2.41. The predicted octanol–water partition coefficient (Wildman–Crippen LogP) is 4.20. The van der Waals surface area contributed by atoms with E-state index in [9.17, 15) is 9.90 Å². The van der Waals surface area contributed by atoms with Gasteiger partial charge in [0, 0.05) is 5.56 Å². The molecule has 0 fully saturated rings. The summed E-state index contributed by atoms with van der Waals surface area (Å²) in [5, 5.41) is 9.70. The maximum Gasteiger partial charge on any atom is 0.338 e. The summed E-state index contributed by atoms with van der Waals surface area (Å²) in [5.74, 6) is 0.327. The zero-order valence-electron chi connectivity index (χ0n) is 14.6. The van der Waals surface area contributed by atoms with Crippen LogP contribution in [0.1, 0.15) is 43.6 Å². The summed E-state index contributed by atoms with van der Waals surface area (Å²) in [6.07, 6.45) is 0. The molecule has 0 radical (unpaired) electrons. The molecule has 24 heavy (non-hydrogen) atoms. The van der Waals surface area contributed by atoms with E-state index in [1.807, 2.05) is 58.0 Å². The molecule has 4 nitrogen and oxygen atoms in total. The van der Waals surface area contributed by atoms with E-state index >= 15 is 0 Å². The molecule has 0 unspecified atom stereocenters. The van der Waals surface area contributed by atoms with Crippen LogP contribution < -0.4 is 4.74 Å². The molecule has 2 aromatic carbocycles. The van der Waals surface area contributed by atoms with Gasteiger partial charge in [0.1, 0.15) is 11.4 Å². The standard InChI is InChI=1S/C20H24O4/c1-5-23-18-8-6-7-16(17(18)13-21)14-9-11-15(12-10-14)19(22)24-20(2,3)4/h6-12,21H,5,13H2,1-4H3. The summed E-state index contributed by atoms with van der Waals surface area (Å²) in [5.41, 5.74) is 2.52. The Morgan fingerprint density at radius 3 is 2.29 bits per heavy atom. The average Bonchev–Trinajstić information content (AvgIpc) is 2.53. The lowest BCUT2D eigenvalue weighted by molar-refractivity contribution is 0.00695. The van der Waals surface area contributed by atoms with Gasteiger partial charge in [-0.1, -0.05) is 24.3 Å². The van der Waals surface area contributed by atoms with E-state index in [-0.39, 0.29) is 12.6 Å². The summed E-state index contributed by atoms with van der Waals surface area (Å²) in [6, 6.07) is 12.8. The molecular formula is C20H24O4. The third-order valence-electron chi connectivity index (χ3n) is 3.42. The summed E-state index contributed by atoms with van der Waals surface area (Å²) in [6.45, 7) is 7.85. The number of carbonyl (C=O) groups is 1. The first-order valence-corrected chi connectivity index (χ1v) is 8.05. The van der Waals surface area contributed by atoms with E-state index in [0.29, 0.717) is 17.9 Å². The third-order valence-corrected chi connectivity index (χ3v) is 3.42. The number of hydrogen-bond donors (Lipinski definition) is 1. The molecule has 1 N–H and O–H groups in total. The second-order valence-electron chi connectivity index (χ2n) is 6.45. The van der Waals surface area contributed by atoms with Gasteiger partial charge < -0.3 is 14.6 Å². The Kier molecular flexibility index (Phi) is 5.62. The van der Waals surface area contributed by atoms with Crippen LogP contribution in [-0.4, -0.2) is 23.3 Å². The Labute approximate surface area is 143 Å². The molecule has 4 heteroatoms. The second-order valence-corrected chi connectivity index (χ2v) is 6.45. The second kappa shape index (κ2) is 7.49. The number of rotatable bonds is 5. The van der Waals surface area contributed by atoms with Crippen LogP contribution in [0.25, 0.3) is 11.1 Å². The Hall–Kier alpha value is -2.33. The van der Waals surface area contributed by atoms with Crippen molar-refractivity contribution < 1.29 is 19.4 Å². The zero-order valence-corrected chi connectivity index (χ0v) is 14.6. The minimum Gasteiger partial charge on any atom is -0.493 e. The first kappa shape index (κ1) is 18.0. The summed E-state index contributed by atoms with van der Waals surface area (Å²) < 4.78 is 10.9. The van der Waals surface area contributed by atoms with Gasteiger partial charge in [-0.3, -0.25) is 0 Å². The molecule has 0 aromatic heterocycles. The minimum atomic E-state index is -0.522. The highest BCUT2D eigenvalue weighted by Crippen LogP contribution is 2.31. The van der Waals surface area contributed by atoms with Crippen molar-refractivity contribution in [2.75, 3.05) is 6.61 Å². The summed E-state index contributed by atoms with van der Waals surface area (Å²) in [7, 11) is 0. The van der Waals surface area contributed by atoms with Crippen LogP contribution in [0, 0.1) is 0 Å². The Balaban J connectivity index is 2.31.